The first-order chi connectivity index (χ1) is 10.1. The van der Waals surface area contributed by atoms with Gasteiger partial charge in [-0.25, -0.2) is 9.97 Å². The Balaban J connectivity index is 1.61. The van der Waals surface area contributed by atoms with Crippen molar-refractivity contribution >= 4 is 28.8 Å². The molecule has 6 heteroatoms. The molecule has 0 spiro atoms. The highest BCUT2D eigenvalue weighted by molar-refractivity contribution is 7.16. The van der Waals surface area contributed by atoms with E-state index < -0.39 is 0 Å². The maximum Gasteiger partial charge on any atom is 0.132 e. The van der Waals surface area contributed by atoms with Crippen LogP contribution >= 0.6 is 22.9 Å². The molecule has 112 valence electrons. The normalized spacial score (nSPS) is 19.1. The number of aromatic nitrogens is 2. The van der Waals surface area contributed by atoms with Crippen LogP contribution < -0.4 is 4.90 Å². The number of nitrogens with zero attached hydrogens (tertiary/aromatic N) is 4. The summed E-state index contributed by atoms with van der Waals surface area (Å²) < 4.78 is 0.870. The van der Waals surface area contributed by atoms with Gasteiger partial charge in [0.2, 0.25) is 0 Å². The number of likely N-dealkylation sites (N-methyl/N-ethyl adjacent to an activating group) is 1. The van der Waals surface area contributed by atoms with E-state index >= 15 is 0 Å². The van der Waals surface area contributed by atoms with Crippen LogP contribution in [0.15, 0.2) is 24.5 Å². The molecule has 1 atom stereocenters. The second-order valence-electron chi connectivity index (χ2n) is 5.51. The Morgan fingerprint density at radius 2 is 2.29 bits per heavy atom. The van der Waals surface area contributed by atoms with Crippen molar-refractivity contribution in [3.8, 4) is 0 Å². The molecule has 1 unspecified atom stereocenters. The van der Waals surface area contributed by atoms with E-state index in [1.54, 1.807) is 17.7 Å². The Kier molecular flexibility index (Phi) is 4.42. The van der Waals surface area contributed by atoms with Crippen LogP contribution in [-0.2, 0) is 6.54 Å². The summed E-state index contributed by atoms with van der Waals surface area (Å²) in [5, 5.41) is 0. The maximum atomic E-state index is 6.00. The molecule has 1 aliphatic heterocycles. The molecule has 4 nitrogen and oxygen atoms in total. The molecule has 0 N–H and O–H groups in total. The Bertz CT molecular complexity index is 615. The van der Waals surface area contributed by atoms with Crippen LogP contribution in [0.3, 0.4) is 0 Å². The molecule has 3 heterocycles. The summed E-state index contributed by atoms with van der Waals surface area (Å²) in [6.45, 7) is 5.18. The topological polar surface area (TPSA) is 32.3 Å². The van der Waals surface area contributed by atoms with E-state index in [2.05, 4.69) is 32.9 Å². The third kappa shape index (κ3) is 3.54. The van der Waals surface area contributed by atoms with Gasteiger partial charge >= 0.3 is 0 Å². The molecule has 0 amide bonds. The maximum absolute atomic E-state index is 6.00. The molecule has 0 radical (unpaired) electrons. The van der Waals surface area contributed by atoms with E-state index in [0.717, 1.165) is 35.5 Å². The fourth-order valence-electron chi connectivity index (χ4n) is 2.75. The van der Waals surface area contributed by atoms with Crippen LogP contribution in [0.4, 0.5) is 5.82 Å². The number of rotatable bonds is 4. The largest absolute Gasteiger partial charge is 0.355 e. The van der Waals surface area contributed by atoms with Gasteiger partial charge in [-0.15, -0.1) is 11.3 Å². The van der Waals surface area contributed by atoms with E-state index in [4.69, 9.17) is 11.6 Å². The van der Waals surface area contributed by atoms with Crippen LogP contribution in [0.5, 0.6) is 0 Å². The highest BCUT2D eigenvalue weighted by atomic mass is 35.5. The van der Waals surface area contributed by atoms with E-state index in [-0.39, 0.29) is 0 Å². The molecule has 2 aromatic heterocycles. The van der Waals surface area contributed by atoms with Crippen LogP contribution in [0.1, 0.15) is 17.0 Å². The number of thiophene rings is 1. The number of hydrogen-bond donors (Lipinski definition) is 0. The SMILES string of the molecule is Cc1cc(N(C)C2CCN(Cc3ccc(Cl)s3)C2)ncn1. The van der Waals surface area contributed by atoms with Gasteiger partial charge in [-0.3, -0.25) is 4.90 Å². The average molecular weight is 323 g/mol. The Hall–Kier alpha value is -1.17. The predicted octanol–water partition coefficient (Wildman–Crippen LogP) is 3.21. The zero-order chi connectivity index (χ0) is 14.8. The third-order valence-corrected chi connectivity index (χ3v) is 5.17. The third-order valence-electron chi connectivity index (χ3n) is 3.95. The second-order valence-corrected chi connectivity index (χ2v) is 7.31. The molecule has 2 aromatic rings. The first kappa shape index (κ1) is 14.8. The molecule has 21 heavy (non-hydrogen) atoms. The molecule has 1 fully saturated rings. The lowest BCUT2D eigenvalue weighted by Gasteiger charge is -2.26. The summed E-state index contributed by atoms with van der Waals surface area (Å²) in [6.07, 6.45) is 2.81. The van der Waals surface area contributed by atoms with Crippen LogP contribution in [0, 0.1) is 6.92 Å². The van der Waals surface area contributed by atoms with Gasteiger partial charge in [0.15, 0.2) is 0 Å². The van der Waals surface area contributed by atoms with Gasteiger partial charge in [-0.2, -0.15) is 0 Å². The first-order valence-corrected chi connectivity index (χ1v) is 8.29. The van der Waals surface area contributed by atoms with Gasteiger partial charge in [0.1, 0.15) is 12.1 Å². The summed E-state index contributed by atoms with van der Waals surface area (Å²) in [7, 11) is 2.12. The van der Waals surface area contributed by atoms with Crippen molar-refractivity contribution in [1.29, 1.82) is 0 Å². The molecule has 0 bridgehead atoms. The number of anilines is 1. The van der Waals surface area contributed by atoms with Crippen molar-refractivity contribution < 1.29 is 0 Å². The first-order valence-electron chi connectivity index (χ1n) is 7.10. The minimum Gasteiger partial charge on any atom is -0.355 e. The van der Waals surface area contributed by atoms with Gasteiger partial charge in [0.25, 0.3) is 0 Å². The van der Waals surface area contributed by atoms with Gasteiger partial charge in [-0.1, -0.05) is 11.6 Å². The van der Waals surface area contributed by atoms with E-state index in [1.807, 2.05) is 19.1 Å². The average Bonchev–Trinajstić information content (AvgIpc) is 3.08. The van der Waals surface area contributed by atoms with E-state index in [9.17, 15) is 0 Å². The number of likely N-dealkylation sites (tertiary alicyclic amines) is 1. The van der Waals surface area contributed by atoms with E-state index in [1.165, 1.54) is 11.3 Å². The molecule has 0 aliphatic carbocycles. The lowest BCUT2D eigenvalue weighted by Crippen LogP contribution is -2.35. The van der Waals surface area contributed by atoms with Gasteiger partial charge < -0.3 is 4.90 Å². The molecule has 0 saturated carbocycles. The molecule has 1 saturated heterocycles. The molecular formula is C15H19ClN4S. The summed E-state index contributed by atoms with van der Waals surface area (Å²) in [4.78, 5) is 14.6. The number of aryl methyl sites for hydroxylation is 1. The predicted molar refractivity (Wildman–Crippen MR) is 88.2 cm³/mol. The Morgan fingerprint density at radius 3 is 3.00 bits per heavy atom. The summed E-state index contributed by atoms with van der Waals surface area (Å²) in [5.74, 6) is 1.01. The van der Waals surface area contributed by atoms with Crippen molar-refractivity contribution in [2.24, 2.45) is 0 Å². The zero-order valence-electron chi connectivity index (χ0n) is 12.3. The molecular weight excluding hydrogens is 304 g/mol. The van der Waals surface area contributed by atoms with Crippen molar-refractivity contribution in [3.05, 3.63) is 39.4 Å². The lowest BCUT2D eigenvalue weighted by atomic mass is 10.2. The fourth-order valence-corrected chi connectivity index (χ4v) is 3.88. The van der Waals surface area contributed by atoms with Crippen LogP contribution in [0.2, 0.25) is 4.34 Å². The lowest BCUT2D eigenvalue weighted by molar-refractivity contribution is 0.329. The summed E-state index contributed by atoms with van der Waals surface area (Å²) >= 11 is 7.67. The minimum atomic E-state index is 0.509. The van der Waals surface area contributed by atoms with Crippen molar-refractivity contribution in [1.82, 2.24) is 14.9 Å². The second kappa shape index (κ2) is 6.30. The summed E-state index contributed by atoms with van der Waals surface area (Å²) in [6, 6.07) is 6.65. The van der Waals surface area contributed by atoms with Crippen LogP contribution in [0.25, 0.3) is 0 Å². The van der Waals surface area contributed by atoms with Gasteiger partial charge in [0, 0.05) is 49.4 Å². The number of hydrogen-bond acceptors (Lipinski definition) is 5. The van der Waals surface area contributed by atoms with Gasteiger partial charge in [0.05, 0.1) is 4.34 Å². The van der Waals surface area contributed by atoms with Crippen molar-refractivity contribution in [2.75, 3.05) is 25.0 Å². The van der Waals surface area contributed by atoms with Crippen LogP contribution in [-0.4, -0.2) is 41.0 Å². The molecule has 3 rings (SSSR count). The standard InChI is InChI=1S/C15H19ClN4S/c1-11-7-15(18-10-17-11)19(2)12-5-6-20(8-12)9-13-3-4-14(16)21-13/h3-4,7,10,12H,5-6,8-9H2,1-2H3. The minimum absolute atomic E-state index is 0.509. The highest BCUT2D eigenvalue weighted by Crippen LogP contribution is 2.26. The number of halogens is 1. The molecule has 1 aliphatic rings. The van der Waals surface area contributed by atoms with Gasteiger partial charge in [-0.05, 0) is 25.5 Å². The highest BCUT2D eigenvalue weighted by Gasteiger charge is 2.26. The van der Waals surface area contributed by atoms with Crippen molar-refractivity contribution in [2.45, 2.75) is 25.9 Å². The quantitative estimate of drug-likeness (QED) is 0.865. The smallest absolute Gasteiger partial charge is 0.132 e. The molecule has 0 aromatic carbocycles. The van der Waals surface area contributed by atoms with Crippen molar-refractivity contribution in [3.63, 3.8) is 0 Å². The van der Waals surface area contributed by atoms with E-state index in [0.29, 0.717) is 6.04 Å². The Labute approximate surface area is 134 Å². The monoisotopic (exact) mass is 322 g/mol. The summed E-state index contributed by atoms with van der Waals surface area (Å²) in [5.41, 5.74) is 1.01. The fraction of sp³-hybridized carbons (Fsp3) is 0.467. The Morgan fingerprint density at radius 1 is 1.43 bits per heavy atom. The zero-order valence-corrected chi connectivity index (χ0v) is 13.9.